The van der Waals surface area contributed by atoms with E-state index in [4.69, 9.17) is 4.42 Å². The number of rotatable bonds is 7. The minimum absolute atomic E-state index is 0.406. The number of furan rings is 1. The minimum atomic E-state index is -1.15. The molecule has 1 aromatic carbocycles. The first kappa shape index (κ1) is 16.6. The van der Waals surface area contributed by atoms with Gasteiger partial charge in [-0.05, 0) is 30.6 Å². The number of aliphatic carboxylic acids is 1. The van der Waals surface area contributed by atoms with Crippen molar-refractivity contribution in [2.24, 2.45) is 0 Å². The van der Waals surface area contributed by atoms with Gasteiger partial charge in [0.2, 0.25) is 0 Å². The molecule has 0 fully saturated rings. The smallest absolute Gasteiger partial charge is 0.196 e. The molecule has 0 saturated carbocycles. The molecular formula is C17H18N3O3S-. The zero-order valence-corrected chi connectivity index (χ0v) is 14.4. The molecule has 24 heavy (non-hydrogen) atoms. The Morgan fingerprint density at radius 1 is 1.38 bits per heavy atom. The summed E-state index contributed by atoms with van der Waals surface area (Å²) < 4.78 is 5.86. The molecule has 7 heteroatoms. The van der Waals surface area contributed by atoms with Gasteiger partial charge in [0.05, 0.1) is 12.0 Å². The van der Waals surface area contributed by atoms with Crippen molar-refractivity contribution in [1.82, 2.24) is 9.97 Å². The molecule has 0 saturated heterocycles. The number of anilines is 1. The van der Waals surface area contributed by atoms with Crippen LogP contribution in [0.4, 0.5) is 5.82 Å². The van der Waals surface area contributed by atoms with E-state index in [1.165, 1.54) is 0 Å². The van der Waals surface area contributed by atoms with E-state index in [2.05, 4.69) is 15.3 Å². The average molecular weight is 344 g/mol. The van der Waals surface area contributed by atoms with E-state index in [0.717, 1.165) is 5.39 Å². The van der Waals surface area contributed by atoms with Gasteiger partial charge >= 0.3 is 0 Å². The van der Waals surface area contributed by atoms with Crippen molar-refractivity contribution in [3.63, 3.8) is 0 Å². The van der Waals surface area contributed by atoms with Crippen LogP contribution in [0, 0.1) is 0 Å². The number of carbonyl (C=O) groups is 1. The Kier molecular flexibility index (Phi) is 4.89. The van der Waals surface area contributed by atoms with E-state index in [-0.39, 0.29) is 0 Å². The van der Waals surface area contributed by atoms with Gasteiger partial charge in [-0.2, -0.15) is 11.8 Å². The number of para-hydroxylation sites is 1. The minimum Gasteiger partial charge on any atom is -0.548 e. The first-order chi connectivity index (χ1) is 11.6. The molecule has 2 aromatic heterocycles. The Bertz CT molecular complexity index is 878. The van der Waals surface area contributed by atoms with Crippen molar-refractivity contribution in [3.8, 4) is 0 Å². The van der Waals surface area contributed by atoms with Crippen LogP contribution in [-0.4, -0.2) is 34.0 Å². The van der Waals surface area contributed by atoms with Crippen LogP contribution in [-0.2, 0) is 11.2 Å². The Hall–Kier alpha value is -2.28. The van der Waals surface area contributed by atoms with Gasteiger partial charge in [-0.3, -0.25) is 0 Å². The Labute approximate surface area is 143 Å². The first-order valence-corrected chi connectivity index (χ1v) is 9.18. The molecule has 0 aliphatic carbocycles. The standard InChI is InChI=1S/C17H19N3O3S/c1-3-13-19-14-10-6-4-5-7-12(10)23-15(14)16(20-13)18-11(17(21)22)8-9-24-2/h4-7,11H,3,8-9H2,1-2H3,(H,21,22)(H,18,19,20)/p-1/t11-/m1/s1. The number of benzene rings is 1. The lowest BCUT2D eigenvalue weighted by atomic mass is 10.2. The normalized spacial score (nSPS) is 12.6. The third-order valence-corrected chi connectivity index (χ3v) is 4.43. The fourth-order valence-electron chi connectivity index (χ4n) is 2.54. The Morgan fingerprint density at radius 2 is 2.17 bits per heavy atom. The van der Waals surface area contributed by atoms with E-state index in [9.17, 15) is 9.90 Å². The van der Waals surface area contributed by atoms with E-state index in [1.54, 1.807) is 11.8 Å². The molecule has 0 amide bonds. The van der Waals surface area contributed by atoms with Crippen molar-refractivity contribution in [1.29, 1.82) is 0 Å². The van der Waals surface area contributed by atoms with Crippen molar-refractivity contribution in [3.05, 3.63) is 30.1 Å². The SMILES string of the molecule is CCc1nc(N[C@H](CCSC)C(=O)[O-])c2oc3ccccc3c2n1. The largest absolute Gasteiger partial charge is 0.548 e. The number of thioether (sulfide) groups is 1. The van der Waals surface area contributed by atoms with Crippen LogP contribution in [0.3, 0.4) is 0 Å². The van der Waals surface area contributed by atoms with Crippen molar-refractivity contribution < 1.29 is 14.3 Å². The zero-order chi connectivity index (χ0) is 17.1. The zero-order valence-electron chi connectivity index (χ0n) is 13.5. The highest BCUT2D eigenvalue weighted by atomic mass is 32.2. The molecule has 0 bridgehead atoms. The first-order valence-electron chi connectivity index (χ1n) is 7.78. The summed E-state index contributed by atoms with van der Waals surface area (Å²) >= 11 is 1.59. The van der Waals surface area contributed by atoms with E-state index >= 15 is 0 Å². The molecule has 6 nitrogen and oxygen atoms in total. The molecule has 126 valence electrons. The lowest BCUT2D eigenvalue weighted by molar-refractivity contribution is -0.306. The van der Waals surface area contributed by atoms with E-state index < -0.39 is 12.0 Å². The maximum atomic E-state index is 11.4. The number of carboxylic acid groups (broad SMARTS) is 1. The monoisotopic (exact) mass is 344 g/mol. The molecule has 1 N–H and O–H groups in total. The predicted octanol–water partition coefficient (Wildman–Crippen LogP) is 2.22. The number of nitrogens with one attached hydrogen (secondary N) is 1. The summed E-state index contributed by atoms with van der Waals surface area (Å²) in [6.07, 6.45) is 3.02. The number of nitrogens with zero attached hydrogens (tertiary/aromatic N) is 2. The highest BCUT2D eigenvalue weighted by molar-refractivity contribution is 7.98. The summed E-state index contributed by atoms with van der Waals surface area (Å²) in [5, 5.41) is 15.3. The Balaban J connectivity index is 2.10. The number of hydrogen-bond donors (Lipinski definition) is 1. The lowest BCUT2D eigenvalue weighted by Crippen LogP contribution is -2.41. The van der Waals surface area contributed by atoms with Crippen LogP contribution in [0.5, 0.6) is 0 Å². The summed E-state index contributed by atoms with van der Waals surface area (Å²) in [6.45, 7) is 1.96. The second kappa shape index (κ2) is 7.09. The number of carbonyl (C=O) groups excluding carboxylic acids is 1. The van der Waals surface area contributed by atoms with Gasteiger partial charge in [0.1, 0.15) is 16.9 Å². The number of aromatic nitrogens is 2. The van der Waals surface area contributed by atoms with Crippen LogP contribution in [0.15, 0.2) is 28.7 Å². The fraction of sp³-hybridized carbons (Fsp3) is 0.353. The Morgan fingerprint density at radius 3 is 2.88 bits per heavy atom. The van der Waals surface area contributed by atoms with Crippen LogP contribution >= 0.6 is 11.8 Å². The summed E-state index contributed by atoms with van der Waals surface area (Å²) in [4.78, 5) is 20.4. The maximum absolute atomic E-state index is 11.4. The van der Waals surface area contributed by atoms with Crippen molar-refractivity contribution in [2.75, 3.05) is 17.3 Å². The topological polar surface area (TPSA) is 91.1 Å². The average Bonchev–Trinajstić information content (AvgIpc) is 2.97. The lowest BCUT2D eigenvalue weighted by Gasteiger charge is -2.20. The van der Waals surface area contributed by atoms with Gasteiger partial charge in [0.25, 0.3) is 0 Å². The van der Waals surface area contributed by atoms with Crippen LogP contribution in [0.1, 0.15) is 19.2 Å². The van der Waals surface area contributed by atoms with Crippen molar-refractivity contribution >= 4 is 45.6 Å². The van der Waals surface area contributed by atoms with Crippen LogP contribution in [0.25, 0.3) is 22.1 Å². The van der Waals surface area contributed by atoms with Gasteiger partial charge in [0.15, 0.2) is 11.4 Å². The van der Waals surface area contributed by atoms with Gasteiger partial charge in [-0.25, -0.2) is 9.97 Å². The highest BCUT2D eigenvalue weighted by Gasteiger charge is 2.18. The molecule has 0 radical (unpaired) electrons. The summed E-state index contributed by atoms with van der Waals surface area (Å²) in [7, 11) is 0. The molecule has 0 aliphatic rings. The number of carboxylic acids is 1. The number of hydrogen-bond acceptors (Lipinski definition) is 7. The number of aryl methyl sites for hydroxylation is 1. The van der Waals surface area contributed by atoms with Gasteiger partial charge in [-0.15, -0.1) is 0 Å². The maximum Gasteiger partial charge on any atom is 0.196 e. The second-order valence-corrected chi connectivity index (χ2v) is 6.40. The number of fused-ring (bicyclic) bond motifs is 3. The molecule has 0 aliphatic heterocycles. The summed E-state index contributed by atoms with van der Waals surface area (Å²) in [6, 6.07) is 6.76. The van der Waals surface area contributed by atoms with E-state index in [1.807, 2.05) is 37.4 Å². The van der Waals surface area contributed by atoms with Gasteiger partial charge < -0.3 is 19.6 Å². The summed E-state index contributed by atoms with van der Waals surface area (Å²) in [5.74, 6) is 0.604. The molecule has 3 rings (SSSR count). The van der Waals surface area contributed by atoms with Crippen molar-refractivity contribution in [2.45, 2.75) is 25.8 Å². The third-order valence-electron chi connectivity index (χ3n) is 3.79. The molecule has 3 aromatic rings. The second-order valence-electron chi connectivity index (χ2n) is 5.42. The molecule has 2 heterocycles. The highest BCUT2D eigenvalue weighted by Crippen LogP contribution is 2.31. The third kappa shape index (κ3) is 3.17. The molecular weight excluding hydrogens is 326 g/mol. The van der Waals surface area contributed by atoms with E-state index in [0.29, 0.717) is 46.9 Å². The quantitative estimate of drug-likeness (QED) is 0.702. The molecule has 1 atom stereocenters. The molecule has 0 spiro atoms. The van der Waals surface area contributed by atoms with Crippen LogP contribution < -0.4 is 10.4 Å². The predicted molar refractivity (Wildman–Crippen MR) is 94.1 cm³/mol. The van der Waals surface area contributed by atoms with Gasteiger partial charge in [-0.1, -0.05) is 19.1 Å². The van der Waals surface area contributed by atoms with Gasteiger partial charge in [0, 0.05) is 11.8 Å². The molecule has 0 unspecified atom stereocenters. The fourth-order valence-corrected chi connectivity index (χ4v) is 3.01. The van der Waals surface area contributed by atoms with Crippen LogP contribution in [0.2, 0.25) is 0 Å². The summed E-state index contributed by atoms with van der Waals surface area (Å²) in [5.41, 5.74) is 1.87.